The van der Waals surface area contributed by atoms with Crippen LogP contribution in [0, 0.1) is 0 Å². The molecule has 4 rings (SSSR count). The van der Waals surface area contributed by atoms with Gasteiger partial charge in [0.25, 0.3) is 0 Å². The van der Waals surface area contributed by atoms with Gasteiger partial charge in [-0.15, -0.1) is 20.4 Å². The Hall–Kier alpha value is -2.17. The highest BCUT2D eigenvalue weighted by molar-refractivity contribution is 7.99. The molecule has 0 unspecified atom stereocenters. The fraction of sp³-hybridized carbons (Fsp3) is 0.450. The van der Waals surface area contributed by atoms with E-state index >= 15 is 0 Å². The van der Waals surface area contributed by atoms with Gasteiger partial charge >= 0.3 is 0 Å². The summed E-state index contributed by atoms with van der Waals surface area (Å²) in [5.74, 6) is 1.92. The number of nitrogens with one attached hydrogen (secondary N) is 1. The summed E-state index contributed by atoms with van der Waals surface area (Å²) >= 11 is 8.68. The Balaban J connectivity index is 1.26. The Labute approximate surface area is 193 Å². The predicted octanol–water partition coefficient (Wildman–Crippen LogP) is 4.68. The highest BCUT2D eigenvalue weighted by atomic mass is 35.5. The standard InChI is InChI=1S/C20H23ClN6O2S2/c1-27-16(11-29-15-9-7-14(21)8-10-15)23-26-20(27)30-12-17(28)22-19-25-24-18(31-19)13-5-3-2-4-6-13/h7-10,13H,2-6,11-12H2,1H3,(H,22,25,28). The maximum absolute atomic E-state index is 12.3. The second-order valence-electron chi connectivity index (χ2n) is 7.32. The SMILES string of the molecule is Cn1c(COc2ccc(Cl)cc2)nnc1SCC(=O)Nc1nnc(C2CCCCC2)s1. The number of halogens is 1. The summed E-state index contributed by atoms with van der Waals surface area (Å²) < 4.78 is 7.53. The number of aromatic nitrogens is 5. The molecular weight excluding hydrogens is 456 g/mol. The average molecular weight is 479 g/mol. The molecule has 3 aromatic rings. The van der Waals surface area contributed by atoms with Crippen molar-refractivity contribution >= 4 is 45.7 Å². The lowest BCUT2D eigenvalue weighted by Crippen LogP contribution is -2.14. The van der Waals surface area contributed by atoms with Crippen LogP contribution in [0.4, 0.5) is 5.13 Å². The van der Waals surface area contributed by atoms with Gasteiger partial charge in [-0.25, -0.2) is 0 Å². The van der Waals surface area contributed by atoms with Gasteiger partial charge in [0.2, 0.25) is 11.0 Å². The van der Waals surface area contributed by atoms with Gasteiger partial charge in [-0.05, 0) is 37.1 Å². The molecule has 0 atom stereocenters. The molecule has 1 aliphatic rings. The second-order valence-corrected chi connectivity index (χ2v) is 9.71. The molecule has 1 fully saturated rings. The molecule has 0 bridgehead atoms. The van der Waals surface area contributed by atoms with Crippen molar-refractivity contribution < 1.29 is 9.53 Å². The summed E-state index contributed by atoms with van der Waals surface area (Å²) in [4.78, 5) is 12.3. The van der Waals surface area contributed by atoms with Crippen molar-refractivity contribution in [3.63, 3.8) is 0 Å². The molecule has 1 aliphatic carbocycles. The normalized spacial score (nSPS) is 14.5. The molecule has 8 nitrogen and oxygen atoms in total. The quantitative estimate of drug-likeness (QED) is 0.469. The lowest BCUT2D eigenvalue weighted by atomic mass is 9.90. The third-order valence-electron chi connectivity index (χ3n) is 5.08. The third kappa shape index (κ3) is 5.96. The Morgan fingerprint density at radius 1 is 1.19 bits per heavy atom. The van der Waals surface area contributed by atoms with E-state index in [1.807, 2.05) is 11.6 Å². The Bertz CT molecular complexity index is 1020. The fourth-order valence-electron chi connectivity index (χ4n) is 3.36. The first-order valence-electron chi connectivity index (χ1n) is 10.1. The van der Waals surface area contributed by atoms with Gasteiger partial charge in [-0.2, -0.15) is 0 Å². The smallest absolute Gasteiger partial charge is 0.236 e. The van der Waals surface area contributed by atoms with Crippen LogP contribution in [0.15, 0.2) is 29.4 Å². The molecule has 0 spiro atoms. The number of nitrogens with zero attached hydrogens (tertiary/aromatic N) is 5. The zero-order valence-corrected chi connectivity index (χ0v) is 19.5. The third-order valence-corrected chi connectivity index (χ3v) is 7.35. The monoisotopic (exact) mass is 478 g/mol. The van der Waals surface area contributed by atoms with Crippen molar-refractivity contribution in [2.75, 3.05) is 11.1 Å². The van der Waals surface area contributed by atoms with Crippen molar-refractivity contribution in [2.45, 2.75) is 49.8 Å². The van der Waals surface area contributed by atoms with Crippen LogP contribution in [0.25, 0.3) is 0 Å². The van der Waals surface area contributed by atoms with Crippen molar-refractivity contribution in [3.8, 4) is 5.75 Å². The molecule has 31 heavy (non-hydrogen) atoms. The van der Waals surface area contributed by atoms with E-state index in [9.17, 15) is 4.79 Å². The number of carbonyl (C=O) groups is 1. The van der Waals surface area contributed by atoms with Crippen LogP contribution < -0.4 is 10.1 Å². The number of hydrogen-bond acceptors (Lipinski definition) is 8. The molecule has 0 aliphatic heterocycles. The van der Waals surface area contributed by atoms with Crippen LogP contribution in [-0.2, 0) is 18.4 Å². The highest BCUT2D eigenvalue weighted by Crippen LogP contribution is 2.35. The first-order chi connectivity index (χ1) is 15.1. The summed E-state index contributed by atoms with van der Waals surface area (Å²) in [6, 6.07) is 7.13. The topological polar surface area (TPSA) is 94.8 Å². The molecule has 0 saturated heterocycles. The molecule has 11 heteroatoms. The summed E-state index contributed by atoms with van der Waals surface area (Å²) in [6.07, 6.45) is 6.11. The van der Waals surface area contributed by atoms with Gasteiger partial charge in [-0.3, -0.25) is 10.1 Å². The van der Waals surface area contributed by atoms with Gasteiger partial charge in [0.15, 0.2) is 11.0 Å². The zero-order valence-electron chi connectivity index (χ0n) is 17.1. The average Bonchev–Trinajstić information content (AvgIpc) is 3.39. The first-order valence-corrected chi connectivity index (χ1v) is 12.3. The Morgan fingerprint density at radius 2 is 1.97 bits per heavy atom. The molecule has 0 radical (unpaired) electrons. The Kier molecular flexibility index (Phi) is 7.41. The lowest BCUT2D eigenvalue weighted by molar-refractivity contribution is -0.113. The van der Waals surface area contributed by atoms with Crippen molar-refractivity contribution in [2.24, 2.45) is 7.05 Å². The van der Waals surface area contributed by atoms with E-state index in [-0.39, 0.29) is 18.3 Å². The maximum Gasteiger partial charge on any atom is 0.236 e. The number of anilines is 1. The Morgan fingerprint density at radius 3 is 2.74 bits per heavy atom. The van der Waals surface area contributed by atoms with Crippen LogP contribution in [0.1, 0.15) is 48.9 Å². The van der Waals surface area contributed by atoms with Gasteiger partial charge in [0, 0.05) is 18.0 Å². The summed E-state index contributed by atoms with van der Waals surface area (Å²) in [5.41, 5.74) is 0. The largest absolute Gasteiger partial charge is 0.486 e. The van der Waals surface area contributed by atoms with Crippen molar-refractivity contribution in [1.82, 2.24) is 25.0 Å². The van der Waals surface area contributed by atoms with E-state index in [0.717, 1.165) is 17.8 Å². The van der Waals surface area contributed by atoms with Crippen LogP contribution in [0.2, 0.25) is 5.02 Å². The lowest BCUT2D eigenvalue weighted by Gasteiger charge is -2.18. The van der Waals surface area contributed by atoms with E-state index in [4.69, 9.17) is 16.3 Å². The predicted molar refractivity (Wildman–Crippen MR) is 122 cm³/mol. The number of hydrogen-bond donors (Lipinski definition) is 1. The minimum atomic E-state index is -0.140. The molecule has 1 saturated carbocycles. The molecule has 1 N–H and O–H groups in total. The summed E-state index contributed by atoms with van der Waals surface area (Å²) in [7, 11) is 1.85. The van der Waals surface area contributed by atoms with Gasteiger partial charge in [-0.1, -0.05) is 54.0 Å². The molecule has 2 heterocycles. The summed E-state index contributed by atoms with van der Waals surface area (Å²) in [5, 5.41) is 22.4. The number of ether oxygens (including phenoxy) is 1. The van der Waals surface area contributed by atoms with Crippen molar-refractivity contribution in [1.29, 1.82) is 0 Å². The van der Waals surface area contributed by atoms with Crippen LogP contribution in [-0.4, -0.2) is 36.6 Å². The van der Waals surface area contributed by atoms with Gasteiger partial charge in [0.1, 0.15) is 17.4 Å². The van der Waals surface area contributed by atoms with E-state index in [0.29, 0.717) is 32.8 Å². The highest BCUT2D eigenvalue weighted by Gasteiger charge is 2.20. The molecule has 1 amide bonds. The first kappa shape index (κ1) is 22.0. The number of amides is 1. The molecule has 164 valence electrons. The second kappa shape index (κ2) is 10.4. The van der Waals surface area contributed by atoms with Gasteiger partial charge in [0.05, 0.1) is 5.75 Å². The van der Waals surface area contributed by atoms with Crippen LogP contribution in [0.3, 0.4) is 0 Å². The maximum atomic E-state index is 12.3. The minimum Gasteiger partial charge on any atom is -0.486 e. The van der Waals surface area contributed by atoms with Crippen LogP contribution >= 0.6 is 34.7 Å². The fourth-order valence-corrected chi connectivity index (χ4v) is 5.14. The molecule has 2 aromatic heterocycles. The van der Waals surface area contributed by atoms with E-state index in [2.05, 4.69) is 25.7 Å². The molecule has 1 aromatic carbocycles. The van der Waals surface area contributed by atoms with E-state index in [1.54, 1.807) is 24.3 Å². The van der Waals surface area contributed by atoms with Gasteiger partial charge < -0.3 is 9.30 Å². The minimum absolute atomic E-state index is 0.140. The van der Waals surface area contributed by atoms with Crippen LogP contribution in [0.5, 0.6) is 5.75 Å². The van der Waals surface area contributed by atoms with E-state index in [1.165, 1.54) is 42.4 Å². The number of benzene rings is 1. The number of carbonyl (C=O) groups excluding carboxylic acids is 1. The summed E-state index contributed by atoms with van der Waals surface area (Å²) in [6.45, 7) is 0.270. The van der Waals surface area contributed by atoms with Crippen molar-refractivity contribution in [3.05, 3.63) is 40.1 Å². The number of rotatable bonds is 8. The zero-order chi connectivity index (χ0) is 21.6. The van der Waals surface area contributed by atoms with E-state index < -0.39 is 0 Å². The number of thioether (sulfide) groups is 1. The molecular formula is C20H23ClN6O2S2.